The molecule has 1 N–H and O–H groups in total. The Labute approximate surface area is 116 Å². The van der Waals surface area contributed by atoms with Gasteiger partial charge >= 0.3 is 0 Å². The number of nitrogens with zero attached hydrogens (tertiary/aromatic N) is 1. The molecular weight excluding hydrogens is 236 g/mol. The Hall–Kier alpha value is -1.53. The van der Waals surface area contributed by atoms with E-state index >= 15 is 0 Å². The average Bonchev–Trinajstić information content (AvgIpc) is 2.38. The lowest BCUT2D eigenvalue weighted by Gasteiger charge is -2.14. The second-order valence-electron chi connectivity index (χ2n) is 4.80. The van der Waals surface area contributed by atoms with Gasteiger partial charge in [0.2, 0.25) is 0 Å². The molecular formula is C16H24N2O. The summed E-state index contributed by atoms with van der Waals surface area (Å²) >= 11 is 0. The van der Waals surface area contributed by atoms with Crippen molar-refractivity contribution in [1.82, 2.24) is 5.32 Å². The summed E-state index contributed by atoms with van der Waals surface area (Å²) in [7, 11) is 0. The van der Waals surface area contributed by atoms with E-state index < -0.39 is 0 Å². The van der Waals surface area contributed by atoms with E-state index in [9.17, 15) is 0 Å². The van der Waals surface area contributed by atoms with Crippen molar-refractivity contribution >= 4 is 0 Å². The monoisotopic (exact) mass is 260 g/mol. The summed E-state index contributed by atoms with van der Waals surface area (Å²) in [4.78, 5) is 0. The van der Waals surface area contributed by atoms with Crippen LogP contribution in [0.15, 0.2) is 12.1 Å². The maximum absolute atomic E-state index is 8.48. The van der Waals surface area contributed by atoms with Gasteiger partial charge < -0.3 is 10.1 Å². The highest BCUT2D eigenvalue weighted by Crippen LogP contribution is 2.25. The molecule has 0 saturated carbocycles. The van der Waals surface area contributed by atoms with E-state index in [1.165, 1.54) is 16.7 Å². The van der Waals surface area contributed by atoms with E-state index in [0.29, 0.717) is 13.0 Å². The first-order valence-electron chi connectivity index (χ1n) is 6.99. The molecule has 19 heavy (non-hydrogen) atoms. The van der Waals surface area contributed by atoms with Crippen molar-refractivity contribution < 1.29 is 4.74 Å². The number of rotatable bonds is 8. The smallest absolute Gasteiger partial charge is 0.125 e. The maximum Gasteiger partial charge on any atom is 0.125 e. The molecule has 3 nitrogen and oxygen atoms in total. The van der Waals surface area contributed by atoms with Crippen LogP contribution in [-0.2, 0) is 6.54 Å². The minimum atomic E-state index is 0.614. The first-order valence-corrected chi connectivity index (χ1v) is 6.99. The molecule has 0 unspecified atom stereocenters. The number of hydrogen-bond acceptors (Lipinski definition) is 3. The Bertz CT molecular complexity index is 412. The molecule has 0 fully saturated rings. The molecule has 0 bridgehead atoms. The zero-order valence-corrected chi connectivity index (χ0v) is 12.3. The number of hydrogen-bond donors (Lipinski definition) is 1. The molecule has 0 atom stereocenters. The molecule has 1 rings (SSSR count). The Balaban J connectivity index is 2.56. The van der Waals surface area contributed by atoms with Gasteiger partial charge in [-0.2, -0.15) is 5.26 Å². The van der Waals surface area contributed by atoms with Crippen molar-refractivity contribution in [3.63, 3.8) is 0 Å². The fourth-order valence-electron chi connectivity index (χ4n) is 2.12. The molecule has 0 aliphatic heterocycles. The molecule has 0 amide bonds. The lowest BCUT2D eigenvalue weighted by Crippen LogP contribution is -2.12. The van der Waals surface area contributed by atoms with Gasteiger partial charge in [-0.15, -0.1) is 0 Å². The molecule has 0 aliphatic carbocycles. The van der Waals surface area contributed by atoms with Gasteiger partial charge in [0.1, 0.15) is 5.75 Å². The average molecular weight is 260 g/mol. The maximum atomic E-state index is 8.48. The Morgan fingerprint density at radius 2 is 1.89 bits per heavy atom. The molecule has 0 saturated heterocycles. The van der Waals surface area contributed by atoms with Gasteiger partial charge in [0.15, 0.2) is 0 Å². The zero-order chi connectivity index (χ0) is 14.1. The van der Waals surface area contributed by atoms with Crippen molar-refractivity contribution in [2.24, 2.45) is 0 Å². The predicted octanol–water partition coefficient (Wildman–Crippen LogP) is 3.49. The van der Waals surface area contributed by atoms with Crippen LogP contribution in [0.1, 0.15) is 42.9 Å². The van der Waals surface area contributed by atoms with Gasteiger partial charge in [0.25, 0.3) is 0 Å². The third-order valence-corrected chi connectivity index (χ3v) is 3.03. The molecule has 1 aromatic rings. The summed E-state index contributed by atoms with van der Waals surface area (Å²) in [6.07, 6.45) is 2.46. The van der Waals surface area contributed by atoms with Gasteiger partial charge in [-0.05, 0) is 49.9 Å². The molecule has 104 valence electrons. The van der Waals surface area contributed by atoms with E-state index in [4.69, 9.17) is 10.00 Å². The van der Waals surface area contributed by atoms with Crippen molar-refractivity contribution in [2.75, 3.05) is 13.2 Å². The lowest BCUT2D eigenvalue weighted by atomic mass is 10.1. The van der Waals surface area contributed by atoms with Gasteiger partial charge in [-0.1, -0.05) is 19.1 Å². The summed E-state index contributed by atoms with van der Waals surface area (Å²) in [5, 5.41) is 11.8. The molecule has 0 radical (unpaired) electrons. The molecule has 3 heteroatoms. The Kier molecular flexibility index (Phi) is 6.99. The highest BCUT2D eigenvalue weighted by Gasteiger charge is 2.06. The van der Waals surface area contributed by atoms with Crippen LogP contribution in [0.4, 0.5) is 0 Å². The van der Waals surface area contributed by atoms with Gasteiger partial charge in [-0.25, -0.2) is 0 Å². The first kappa shape index (κ1) is 15.5. The van der Waals surface area contributed by atoms with E-state index in [1.807, 2.05) is 0 Å². The quantitative estimate of drug-likeness (QED) is 0.728. The van der Waals surface area contributed by atoms with E-state index in [-0.39, 0.29) is 0 Å². The molecule has 1 aromatic carbocycles. The SMILES string of the molecule is CCNCc1cc(C)c(OCCCCC#N)c(C)c1. The number of nitriles is 1. The number of benzene rings is 1. The van der Waals surface area contributed by atoms with Crippen LogP contribution in [0, 0.1) is 25.2 Å². The van der Waals surface area contributed by atoms with E-state index in [0.717, 1.165) is 31.7 Å². The number of ether oxygens (including phenoxy) is 1. The predicted molar refractivity (Wildman–Crippen MR) is 78.3 cm³/mol. The van der Waals surface area contributed by atoms with Crippen molar-refractivity contribution in [2.45, 2.75) is 46.6 Å². The molecule has 0 aromatic heterocycles. The topological polar surface area (TPSA) is 45.0 Å². The van der Waals surface area contributed by atoms with E-state index in [2.05, 4.69) is 44.3 Å². The van der Waals surface area contributed by atoms with E-state index in [1.54, 1.807) is 0 Å². The van der Waals surface area contributed by atoms with Crippen LogP contribution < -0.4 is 10.1 Å². The summed E-state index contributed by atoms with van der Waals surface area (Å²) in [5.41, 5.74) is 3.68. The minimum Gasteiger partial charge on any atom is -0.493 e. The van der Waals surface area contributed by atoms with Crippen LogP contribution in [0.5, 0.6) is 5.75 Å². The standard InChI is InChI=1S/C16H24N2O/c1-4-18-12-15-10-13(2)16(14(3)11-15)19-9-7-5-6-8-17/h10-11,18H,4-7,9,12H2,1-3H3. The zero-order valence-electron chi connectivity index (χ0n) is 12.3. The fraction of sp³-hybridized carbons (Fsp3) is 0.562. The Morgan fingerprint density at radius 1 is 1.21 bits per heavy atom. The van der Waals surface area contributed by atoms with Crippen LogP contribution in [0.3, 0.4) is 0 Å². The highest BCUT2D eigenvalue weighted by molar-refractivity contribution is 5.43. The van der Waals surface area contributed by atoms with Crippen LogP contribution in [-0.4, -0.2) is 13.2 Å². The van der Waals surface area contributed by atoms with Crippen molar-refractivity contribution in [1.29, 1.82) is 5.26 Å². The molecule has 0 spiro atoms. The minimum absolute atomic E-state index is 0.614. The van der Waals surface area contributed by atoms with Gasteiger partial charge in [0, 0.05) is 13.0 Å². The summed E-state index contributed by atoms with van der Waals surface area (Å²) in [5.74, 6) is 0.997. The molecule has 0 aliphatic rings. The molecule has 0 heterocycles. The third kappa shape index (κ3) is 5.32. The number of nitrogens with one attached hydrogen (secondary N) is 1. The summed E-state index contributed by atoms with van der Waals surface area (Å²) in [6, 6.07) is 6.52. The van der Waals surface area contributed by atoms with Gasteiger partial charge in [-0.3, -0.25) is 0 Å². The third-order valence-electron chi connectivity index (χ3n) is 3.03. The largest absolute Gasteiger partial charge is 0.493 e. The second kappa shape index (κ2) is 8.55. The second-order valence-corrected chi connectivity index (χ2v) is 4.80. The number of unbranched alkanes of at least 4 members (excludes halogenated alkanes) is 2. The number of aryl methyl sites for hydroxylation is 2. The fourth-order valence-corrected chi connectivity index (χ4v) is 2.12. The van der Waals surface area contributed by atoms with Crippen LogP contribution >= 0.6 is 0 Å². The first-order chi connectivity index (χ1) is 9.19. The van der Waals surface area contributed by atoms with Crippen molar-refractivity contribution in [3.05, 3.63) is 28.8 Å². The van der Waals surface area contributed by atoms with Gasteiger partial charge in [0.05, 0.1) is 12.7 Å². The van der Waals surface area contributed by atoms with Crippen LogP contribution in [0.25, 0.3) is 0 Å². The summed E-state index contributed by atoms with van der Waals surface area (Å²) in [6.45, 7) is 8.87. The Morgan fingerprint density at radius 3 is 2.47 bits per heavy atom. The lowest BCUT2D eigenvalue weighted by molar-refractivity contribution is 0.303. The van der Waals surface area contributed by atoms with Crippen molar-refractivity contribution in [3.8, 4) is 11.8 Å². The highest BCUT2D eigenvalue weighted by atomic mass is 16.5. The summed E-state index contributed by atoms with van der Waals surface area (Å²) < 4.78 is 5.84. The van der Waals surface area contributed by atoms with Crippen LogP contribution in [0.2, 0.25) is 0 Å². The normalized spacial score (nSPS) is 10.2.